The SMILES string of the molecule is CCOc1ncnc(OCCCOC)c1N. The third-order valence-electron chi connectivity index (χ3n) is 1.82. The number of aromatic nitrogens is 2. The summed E-state index contributed by atoms with van der Waals surface area (Å²) in [5.41, 5.74) is 6.11. The first kappa shape index (κ1) is 12.5. The van der Waals surface area contributed by atoms with Crippen molar-refractivity contribution in [1.29, 1.82) is 0 Å². The smallest absolute Gasteiger partial charge is 0.244 e. The summed E-state index contributed by atoms with van der Waals surface area (Å²) in [5.74, 6) is 0.716. The normalized spacial score (nSPS) is 10.1. The van der Waals surface area contributed by atoms with E-state index in [0.29, 0.717) is 37.3 Å². The molecule has 16 heavy (non-hydrogen) atoms. The Labute approximate surface area is 94.7 Å². The Bertz CT molecular complexity index is 320. The van der Waals surface area contributed by atoms with Crippen molar-refractivity contribution in [1.82, 2.24) is 9.97 Å². The maximum Gasteiger partial charge on any atom is 0.244 e. The Morgan fingerprint density at radius 2 is 1.88 bits per heavy atom. The van der Waals surface area contributed by atoms with Crippen LogP contribution in [0.15, 0.2) is 6.33 Å². The summed E-state index contributed by atoms with van der Waals surface area (Å²) in [4.78, 5) is 7.85. The van der Waals surface area contributed by atoms with Crippen molar-refractivity contribution >= 4 is 5.69 Å². The summed E-state index contributed by atoms with van der Waals surface area (Å²) in [7, 11) is 1.65. The Balaban J connectivity index is 2.55. The lowest BCUT2D eigenvalue weighted by atomic mass is 10.4. The number of ether oxygens (including phenoxy) is 3. The average Bonchev–Trinajstić information content (AvgIpc) is 2.29. The first-order chi connectivity index (χ1) is 7.79. The van der Waals surface area contributed by atoms with Crippen LogP contribution in [0, 0.1) is 0 Å². The third kappa shape index (κ3) is 3.54. The molecule has 0 saturated carbocycles. The van der Waals surface area contributed by atoms with Gasteiger partial charge >= 0.3 is 0 Å². The van der Waals surface area contributed by atoms with Crippen LogP contribution in [-0.4, -0.2) is 36.9 Å². The molecule has 0 amide bonds. The molecule has 0 spiro atoms. The van der Waals surface area contributed by atoms with Crippen LogP contribution in [0.5, 0.6) is 11.8 Å². The standard InChI is InChI=1S/C10H17N3O3/c1-3-15-9-8(11)10(13-7-12-9)16-6-4-5-14-2/h7H,3-6,11H2,1-2H3. The first-order valence-electron chi connectivity index (χ1n) is 5.14. The van der Waals surface area contributed by atoms with Gasteiger partial charge in [-0.2, -0.15) is 9.97 Å². The number of nitrogen functional groups attached to an aromatic ring is 1. The van der Waals surface area contributed by atoms with Crippen molar-refractivity contribution < 1.29 is 14.2 Å². The van der Waals surface area contributed by atoms with Crippen LogP contribution in [0.25, 0.3) is 0 Å². The molecule has 1 aromatic rings. The molecule has 0 fully saturated rings. The van der Waals surface area contributed by atoms with Crippen LogP contribution >= 0.6 is 0 Å². The van der Waals surface area contributed by atoms with Gasteiger partial charge in [0.15, 0.2) is 5.69 Å². The summed E-state index contributed by atoms with van der Waals surface area (Å²) in [5, 5.41) is 0. The molecule has 1 rings (SSSR count). The zero-order valence-corrected chi connectivity index (χ0v) is 9.60. The molecule has 0 radical (unpaired) electrons. The van der Waals surface area contributed by atoms with Crippen LogP contribution in [0.3, 0.4) is 0 Å². The molecule has 1 heterocycles. The number of hydrogen-bond acceptors (Lipinski definition) is 6. The van der Waals surface area contributed by atoms with E-state index in [2.05, 4.69) is 9.97 Å². The molecule has 0 aliphatic carbocycles. The molecular weight excluding hydrogens is 210 g/mol. The zero-order valence-electron chi connectivity index (χ0n) is 9.60. The molecule has 0 saturated heterocycles. The lowest BCUT2D eigenvalue weighted by Crippen LogP contribution is -2.07. The molecule has 0 aromatic carbocycles. The lowest BCUT2D eigenvalue weighted by molar-refractivity contribution is 0.170. The molecule has 6 nitrogen and oxygen atoms in total. The van der Waals surface area contributed by atoms with Gasteiger partial charge in [0.05, 0.1) is 13.2 Å². The molecule has 0 atom stereocenters. The fourth-order valence-corrected chi connectivity index (χ4v) is 1.10. The molecule has 2 N–H and O–H groups in total. The van der Waals surface area contributed by atoms with Gasteiger partial charge in [0, 0.05) is 20.1 Å². The Morgan fingerprint density at radius 1 is 1.19 bits per heavy atom. The number of rotatable bonds is 7. The third-order valence-corrected chi connectivity index (χ3v) is 1.82. The second-order valence-corrected chi connectivity index (χ2v) is 3.03. The Hall–Kier alpha value is -1.56. The highest BCUT2D eigenvalue weighted by molar-refractivity contribution is 5.55. The van der Waals surface area contributed by atoms with Crippen LogP contribution < -0.4 is 15.2 Å². The van der Waals surface area contributed by atoms with E-state index in [1.165, 1.54) is 6.33 Å². The summed E-state index contributed by atoms with van der Waals surface area (Å²) in [6, 6.07) is 0. The Morgan fingerprint density at radius 3 is 2.50 bits per heavy atom. The summed E-state index contributed by atoms with van der Waals surface area (Å²) in [6.45, 7) is 3.51. The number of hydrogen-bond donors (Lipinski definition) is 1. The fourth-order valence-electron chi connectivity index (χ4n) is 1.10. The van der Waals surface area contributed by atoms with Crippen molar-refractivity contribution in [2.24, 2.45) is 0 Å². The topological polar surface area (TPSA) is 79.5 Å². The summed E-state index contributed by atoms with van der Waals surface area (Å²) < 4.78 is 15.5. The van der Waals surface area contributed by atoms with Crippen molar-refractivity contribution in [2.45, 2.75) is 13.3 Å². The fraction of sp³-hybridized carbons (Fsp3) is 0.600. The second kappa shape index (κ2) is 6.84. The van der Waals surface area contributed by atoms with Gasteiger partial charge in [-0.05, 0) is 6.92 Å². The molecule has 0 aliphatic rings. The Kier molecular flexibility index (Phi) is 5.35. The molecule has 90 valence electrons. The van der Waals surface area contributed by atoms with Crippen LogP contribution in [0.2, 0.25) is 0 Å². The summed E-state index contributed by atoms with van der Waals surface area (Å²) >= 11 is 0. The molecule has 0 bridgehead atoms. The minimum absolute atomic E-state index is 0.335. The predicted octanol–water partition coefficient (Wildman–Crippen LogP) is 0.873. The van der Waals surface area contributed by atoms with Crippen LogP contribution in [0.1, 0.15) is 13.3 Å². The van der Waals surface area contributed by atoms with E-state index >= 15 is 0 Å². The molecule has 6 heteroatoms. The van der Waals surface area contributed by atoms with Gasteiger partial charge in [-0.15, -0.1) is 0 Å². The highest BCUT2D eigenvalue weighted by Crippen LogP contribution is 2.26. The maximum atomic E-state index is 5.78. The first-order valence-corrected chi connectivity index (χ1v) is 5.14. The quantitative estimate of drug-likeness (QED) is 0.696. The maximum absolute atomic E-state index is 5.78. The molecule has 0 unspecified atom stereocenters. The van der Waals surface area contributed by atoms with Crippen molar-refractivity contribution in [3.63, 3.8) is 0 Å². The van der Waals surface area contributed by atoms with Crippen molar-refractivity contribution in [2.75, 3.05) is 32.7 Å². The minimum Gasteiger partial charge on any atom is -0.476 e. The largest absolute Gasteiger partial charge is 0.476 e. The van der Waals surface area contributed by atoms with Gasteiger partial charge in [0.1, 0.15) is 6.33 Å². The van der Waals surface area contributed by atoms with E-state index in [0.717, 1.165) is 6.42 Å². The van der Waals surface area contributed by atoms with Gasteiger partial charge in [-0.25, -0.2) is 0 Å². The highest BCUT2D eigenvalue weighted by Gasteiger charge is 2.09. The molecule has 0 aliphatic heterocycles. The van der Waals surface area contributed by atoms with E-state index in [9.17, 15) is 0 Å². The highest BCUT2D eigenvalue weighted by atomic mass is 16.5. The number of nitrogens with two attached hydrogens (primary N) is 1. The van der Waals surface area contributed by atoms with Gasteiger partial charge in [0.2, 0.25) is 11.8 Å². The van der Waals surface area contributed by atoms with Gasteiger partial charge < -0.3 is 19.9 Å². The molecule has 1 aromatic heterocycles. The van der Waals surface area contributed by atoms with Gasteiger partial charge in [-0.1, -0.05) is 0 Å². The lowest BCUT2D eigenvalue weighted by Gasteiger charge is -2.09. The van der Waals surface area contributed by atoms with Gasteiger partial charge in [-0.3, -0.25) is 0 Å². The number of anilines is 1. The average molecular weight is 227 g/mol. The van der Waals surface area contributed by atoms with Crippen LogP contribution in [-0.2, 0) is 4.74 Å². The number of methoxy groups -OCH3 is 1. The van der Waals surface area contributed by atoms with Crippen LogP contribution in [0.4, 0.5) is 5.69 Å². The van der Waals surface area contributed by atoms with E-state index < -0.39 is 0 Å². The molecular formula is C10H17N3O3. The monoisotopic (exact) mass is 227 g/mol. The van der Waals surface area contributed by atoms with E-state index in [1.54, 1.807) is 7.11 Å². The van der Waals surface area contributed by atoms with E-state index in [4.69, 9.17) is 19.9 Å². The van der Waals surface area contributed by atoms with E-state index in [1.807, 2.05) is 6.92 Å². The zero-order chi connectivity index (χ0) is 11.8. The second-order valence-electron chi connectivity index (χ2n) is 3.03. The number of nitrogens with zero attached hydrogens (tertiary/aromatic N) is 2. The van der Waals surface area contributed by atoms with Gasteiger partial charge in [0.25, 0.3) is 0 Å². The predicted molar refractivity (Wildman–Crippen MR) is 59.6 cm³/mol. The van der Waals surface area contributed by atoms with Crippen molar-refractivity contribution in [3.05, 3.63) is 6.33 Å². The minimum atomic E-state index is 0.335. The van der Waals surface area contributed by atoms with Crippen molar-refractivity contribution in [3.8, 4) is 11.8 Å². The van der Waals surface area contributed by atoms with E-state index in [-0.39, 0.29) is 0 Å². The summed E-state index contributed by atoms with van der Waals surface area (Å²) in [6.07, 6.45) is 2.15.